The lowest BCUT2D eigenvalue weighted by Crippen LogP contribution is -2.55. The zero-order valence-electron chi connectivity index (χ0n) is 37.6. The fraction of sp³-hybridized carbons (Fsp3) is 0.365. The van der Waals surface area contributed by atoms with Crippen molar-refractivity contribution in [1.29, 1.82) is 0 Å². The summed E-state index contributed by atoms with van der Waals surface area (Å²) in [4.78, 5) is 52.1. The molecule has 0 radical (unpaired) electrons. The number of piperidine rings is 1. The van der Waals surface area contributed by atoms with Crippen molar-refractivity contribution in [2.24, 2.45) is 5.92 Å². The Morgan fingerprint density at radius 2 is 1.55 bits per heavy atom. The van der Waals surface area contributed by atoms with Gasteiger partial charge in [0.05, 0.1) is 53.2 Å². The molecule has 13 heteroatoms. The van der Waals surface area contributed by atoms with Crippen LogP contribution in [0.3, 0.4) is 0 Å². The molecule has 5 aromatic carbocycles. The number of carbonyl (C=O) groups is 3. The molecule has 11 nitrogen and oxygen atoms in total. The number of nitrogens with zero attached hydrogens (tertiary/aromatic N) is 4. The highest BCUT2D eigenvalue weighted by Crippen LogP contribution is 2.60. The van der Waals surface area contributed by atoms with Gasteiger partial charge in [-0.3, -0.25) is 19.3 Å². The molecule has 4 aliphatic heterocycles. The summed E-state index contributed by atoms with van der Waals surface area (Å²) in [6.45, 7) is 9.28. The second kappa shape index (κ2) is 18.1. The molecule has 9 rings (SSSR count). The molecule has 5 aromatic rings. The Morgan fingerprint density at radius 3 is 2.22 bits per heavy atom. The Bertz CT molecular complexity index is 2520. The summed E-state index contributed by atoms with van der Waals surface area (Å²) in [6.07, 6.45) is 0.866. The van der Waals surface area contributed by atoms with Crippen LogP contribution >= 0.6 is 11.6 Å². The van der Waals surface area contributed by atoms with Crippen LogP contribution < -0.4 is 29.9 Å². The average Bonchev–Trinajstić information content (AvgIpc) is 3.86. The molecule has 4 atom stereocenters. The number of ether oxygens (including phenoxy) is 2. The Labute approximate surface area is 387 Å². The highest BCUT2D eigenvalue weighted by atomic mass is 35.5. The minimum atomic E-state index is -2.57. The fourth-order valence-corrected chi connectivity index (χ4v) is 15.5. The number of halogens is 1. The van der Waals surface area contributed by atoms with Gasteiger partial charge in [0.25, 0.3) is 11.8 Å². The minimum Gasteiger partial charge on any atom is -0.497 e. The standard InChI is InChI=1S/C52H58ClN5O6Si/c1-36-48(65(3,4)43-22-20-42(63-2)21-23-43)46(32-47(60)55(29-30-59)33-37-11-7-5-8-12-37)64-52(36)44-31-39(53)17-24-45(44)56(50(52)62)34-38-15-18-40(19-16-38)57-35-58(41-13-9-6-10-14-41)51(49(57)61)25-27-54-28-26-51/h5-24,31,36,46,48,54,59H,25-30,32-35H2,1-4H3/t36-,46+,48-,52+/m1/s1. The number of nitrogens with one attached hydrogen (secondary N) is 1. The molecule has 4 heterocycles. The van der Waals surface area contributed by atoms with E-state index in [2.05, 4.69) is 54.5 Å². The van der Waals surface area contributed by atoms with Crippen molar-refractivity contribution >= 4 is 59.6 Å². The predicted octanol–water partition coefficient (Wildman–Crippen LogP) is 7.46. The first-order valence-corrected chi connectivity index (χ1v) is 26.2. The summed E-state index contributed by atoms with van der Waals surface area (Å²) >= 11 is 6.80. The Morgan fingerprint density at radius 1 is 0.877 bits per heavy atom. The van der Waals surface area contributed by atoms with Crippen molar-refractivity contribution in [3.05, 3.63) is 149 Å². The number of carbonyl (C=O) groups excluding carboxylic acids is 3. The monoisotopic (exact) mass is 911 g/mol. The van der Waals surface area contributed by atoms with Crippen molar-refractivity contribution < 1.29 is 29.0 Å². The van der Waals surface area contributed by atoms with E-state index in [0.717, 1.165) is 65.1 Å². The maximum absolute atomic E-state index is 15.5. The van der Waals surface area contributed by atoms with E-state index >= 15 is 4.79 Å². The van der Waals surface area contributed by atoms with Crippen molar-refractivity contribution in [2.75, 3.05) is 54.7 Å². The summed E-state index contributed by atoms with van der Waals surface area (Å²) in [6, 6.07) is 41.6. The first kappa shape index (κ1) is 44.7. The SMILES string of the molecule is COc1ccc([Si](C)(C)[C@H]2[C@H](CC(=O)N(CCO)Cc3ccccc3)O[C@@]3(C(=O)N(Cc4ccc(N5CN(c6ccccc6)C6(CCNCC6)C5=O)cc4)c4ccc(Cl)cc43)[C@@H]2C)cc1. The van der Waals surface area contributed by atoms with Crippen LogP contribution in [0.25, 0.3) is 0 Å². The molecule has 0 aliphatic carbocycles. The molecule has 4 aliphatic rings. The van der Waals surface area contributed by atoms with E-state index in [1.165, 1.54) is 0 Å². The van der Waals surface area contributed by atoms with Gasteiger partial charge in [-0.05, 0) is 97.2 Å². The number of aliphatic hydroxyl groups is 1. The van der Waals surface area contributed by atoms with Gasteiger partial charge < -0.3 is 34.6 Å². The number of methoxy groups -OCH3 is 1. The molecule has 3 saturated heterocycles. The molecule has 3 fully saturated rings. The van der Waals surface area contributed by atoms with E-state index < -0.39 is 25.3 Å². The van der Waals surface area contributed by atoms with Crippen molar-refractivity contribution in [3.8, 4) is 5.75 Å². The van der Waals surface area contributed by atoms with Crippen LogP contribution in [-0.2, 0) is 37.8 Å². The van der Waals surface area contributed by atoms with E-state index in [9.17, 15) is 14.7 Å². The van der Waals surface area contributed by atoms with Gasteiger partial charge in [-0.2, -0.15) is 0 Å². The van der Waals surface area contributed by atoms with Gasteiger partial charge in [-0.15, -0.1) is 0 Å². The molecule has 0 unspecified atom stereocenters. The number of amides is 3. The van der Waals surface area contributed by atoms with Gasteiger partial charge >= 0.3 is 0 Å². The van der Waals surface area contributed by atoms with Crippen LogP contribution in [-0.4, -0.2) is 87.5 Å². The fourth-order valence-electron chi connectivity index (χ4n) is 11.3. The summed E-state index contributed by atoms with van der Waals surface area (Å²) in [5.74, 6) is 0.169. The number of para-hydroxylation sites is 1. The molecule has 65 heavy (non-hydrogen) atoms. The van der Waals surface area contributed by atoms with Crippen molar-refractivity contribution in [1.82, 2.24) is 10.2 Å². The van der Waals surface area contributed by atoms with Gasteiger partial charge in [0.15, 0.2) is 5.60 Å². The molecule has 2 spiro atoms. The third-order valence-electron chi connectivity index (χ3n) is 14.6. The Hall–Kier alpha value is -5.50. The molecule has 338 valence electrons. The van der Waals surface area contributed by atoms with Crippen LogP contribution in [0.2, 0.25) is 23.7 Å². The lowest BCUT2D eigenvalue weighted by molar-refractivity contribution is -0.150. The number of fused-ring (bicyclic) bond motifs is 2. The third-order valence-corrected chi connectivity index (χ3v) is 19.2. The summed E-state index contributed by atoms with van der Waals surface area (Å²) in [5.41, 5.74) is 2.90. The largest absolute Gasteiger partial charge is 0.497 e. The van der Waals surface area contributed by atoms with Crippen LogP contribution in [0.1, 0.15) is 42.9 Å². The highest BCUT2D eigenvalue weighted by Gasteiger charge is 2.66. The molecule has 0 aromatic heterocycles. The van der Waals surface area contributed by atoms with Gasteiger partial charge in [-0.25, -0.2) is 0 Å². The molecular formula is C52H58ClN5O6Si. The summed E-state index contributed by atoms with van der Waals surface area (Å²) < 4.78 is 12.8. The number of benzene rings is 5. The first-order chi connectivity index (χ1) is 31.4. The number of anilines is 3. The van der Waals surface area contributed by atoms with E-state index in [1.54, 1.807) is 23.0 Å². The second-order valence-electron chi connectivity index (χ2n) is 18.5. The maximum Gasteiger partial charge on any atom is 0.264 e. The summed E-state index contributed by atoms with van der Waals surface area (Å²) in [7, 11) is -0.918. The highest BCUT2D eigenvalue weighted by molar-refractivity contribution is 6.91. The van der Waals surface area contributed by atoms with Crippen molar-refractivity contribution in [3.63, 3.8) is 0 Å². The van der Waals surface area contributed by atoms with E-state index in [0.29, 0.717) is 23.8 Å². The lowest BCUT2D eigenvalue weighted by atomic mass is 9.82. The minimum absolute atomic E-state index is 0.0372. The Kier molecular flexibility index (Phi) is 12.4. The topological polar surface area (TPSA) is 115 Å². The number of rotatable bonds is 13. The number of hydrogen-bond acceptors (Lipinski definition) is 8. The van der Waals surface area contributed by atoms with Crippen LogP contribution in [0, 0.1) is 5.92 Å². The number of hydrogen-bond donors (Lipinski definition) is 2. The summed E-state index contributed by atoms with van der Waals surface area (Å²) in [5, 5.41) is 15.2. The quantitative estimate of drug-likeness (QED) is 0.117. The second-order valence-corrected chi connectivity index (χ2v) is 23.6. The van der Waals surface area contributed by atoms with Crippen LogP contribution in [0.15, 0.2) is 127 Å². The first-order valence-electron chi connectivity index (χ1n) is 22.7. The maximum atomic E-state index is 15.5. The zero-order chi connectivity index (χ0) is 45.5. The van der Waals surface area contributed by atoms with Gasteiger partial charge in [0, 0.05) is 41.0 Å². The predicted molar refractivity (Wildman–Crippen MR) is 258 cm³/mol. The van der Waals surface area contributed by atoms with E-state index in [1.807, 2.05) is 102 Å². The molecule has 2 N–H and O–H groups in total. The van der Waals surface area contributed by atoms with Crippen LogP contribution in [0.4, 0.5) is 17.1 Å². The third kappa shape index (κ3) is 7.92. The number of aliphatic hydroxyl groups excluding tert-OH is 1. The van der Waals surface area contributed by atoms with Gasteiger partial charge in [0.2, 0.25) is 5.91 Å². The smallest absolute Gasteiger partial charge is 0.264 e. The molecule has 0 bridgehead atoms. The van der Waals surface area contributed by atoms with Gasteiger partial charge in [0.1, 0.15) is 11.3 Å². The van der Waals surface area contributed by atoms with Crippen LogP contribution in [0.5, 0.6) is 5.75 Å². The lowest BCUT2D eigenvalue weighted by Gasteiger charge is -2.39. The Balaban J connectivity index is 1.03. The normalized spacial score (nSPS) is 22.6. The van der Waals surface area contributed by atoms with E-state index in [-0.39, 0.29) is 55.3 Å². The van der Waals surface area contributed by atoms with Crippen molar-refractivity contribution in [2.45, 2.75) is 75.2 Å². The molecule has 3 amide bonds. The molecular weight excluding hydrogens is 854 g/mol. The average molecular weight is 913 g/mol. The van der Waals surface area contributed by atoms with E-state index in [4.69, 9.17) is 21.1 Å². The van der Waals surface area contributed by atoms with Gasteiger partial charge in [-0.1, -0.05) is 110 Å². The molecule has 0 saturated carbocycles. The zero-order valence-corrected chi connectivity index (χ0v) is 39.3.